The van der Waals surface area contributed by atoms with Crippen LogP contribution in [0.3, 0.4) is 0 Å². The summed E-state index contributed by atoms with van der Waals surface area (Å²) in [6, 6.07) is 5.17. The minimum atomic E-state index is -0.230. The molecule has 0 unspecified atom stereocenters. The number of hydrogen-bond donors (Lipinski definition) is 2. The van der Waals surface area contributed by atoms with Gasteiger partial charge >= 0.3 is 0 Å². The van der Waals surface area contributed by atoms with Crippen molar-refractivity contribution in [2.75, 3.05) is 31.1 Å². The van der Waals surface area contributed by atoms with E-state index in [2.05, 4.69) is 10.6 Å². The van der Waals surface area contributed by atoms with Crippen LogP contribution in [0.15, 0.2) is 29.8 Å². The highest BCUT2D eigenvalue weighted by Gasteiger charge is 2.14. The van der Waals surface area contributed by atoms with Gasteiger partial charge in [0.15, 0.2) is 0 Å². The normalized spacial score (nSPS) is 16.0. The third-order valence-electron chi connectivity index (χ3n) is 3.71. The molecule has 1 fully saturated rings. The maximum Gasteiger partial charge on any atom is 0.246 e. The van der Waals surface area contributed by atoms with Gasteiger partial charge in [0, 0.05) is 38.3 Å². The fourth-order valence-corrected chi connectivity index (χ4v) is 2.28. The summed E-state index contributed by atoms with van der Waals surface area (Å²) >= 11 is 0. The Kier molecular flexibility index (Phi) is 5.33. The van der Waals surface area contributed by atoms with Gasteiger partial charge in [-0.05, 0) is 31.5 Å². The van der Waals surface area contributed by atoms with Crippen LogP contribution in [-0.2, 0) is 11.3 Å². The molecule has 1 aliphatic rings. The van der Waals surface area contributed by atoms with Gasteiger partial charge < -0.3 is 15.5 Å². The van der Waals surface area contributed by atoms with E-state index in [1.165, 1.54) is 6.07 Å². The number of piperazine rings is 1. The lowest BCUT2D eigenvalue weighted by Crippen LogP contribution is -2.43. The number of rotatable bonds is 4. The van der Waals surface area contributed by atoms with Crippen LogP contribution in [0.4, 0.5) is 10.1 Å². The Morgan fingerprint density at radius 2 is 2.14 bits per heavy atom. The van der Waals surface area contributed by atoms with Crippen LogP contribution in [0.25, 0.3) is 0 Å². The molecule has 0 saturated carbocycles. The first-order valence-electron chi connectivity index (χ1n) is 7.27. The Labute approximate surface area is 125 Å². The maximum atomic E-state index is 14.2. The second-order valence-corrected chi connectivity index (χ2v) is 5.18. The van der Waals surface area contributed by atoms with E-state index in [-0.39, 0.29) is 11.7 Å². The Balaban J connectivity index is 2.00. The molecule has 0 aromatic heterocycles. The van der Waals surface area contributed by atoms with Crippen molar-refractivity contribution in [3.63, 3.8) is 0 Å². The van der Waals surface area contributed by atoms with Crippen molar-refractivity contribution in [2.24, 2.45) is 0 Å². The maximum absolute atomic E-state index is 14.2. The van der Waals surface area contributed by atoms with Crippen molar-refractivity contribution in [3.05, 3.63) is 41.2 Å². The summed E-state index contributed by atoms with van der Waals surface area (Å²) in [5.74, 6) is -0.351. The van der Waals surface area contributed by atoms with E-state index < -0.39 is 0 Å². The van der Waals surface area contributed by atoms with E-state index in [0.29, 0.717) is 17.8 Å². The molecule has 0 aliphatic carbocycles. The summed E-state index contributed by atoms with van der Waals surface area (Å²) in [5.41, 5.74) is 2.06. The van der Waals surface area contributed by atoms with Crippen LogP contribution in [0.5, 0.6) is 0 Å². The minimum absolute atomic E-state index is 0.121. The molecule has 1 aliphatic heterocycles. The molecule has 1 saturated heterocycles. The monoisotopic (exact) mass is 291 g/mol. The molecule has 1 aromatic rings. The van der Waals surface area contributed by atoms with Crippen molar-refractivity contribution in [1.29, 1.82) is 0 Å². The average Bonchev–Trinajstić information content (AvgIpc) is 2.52. The van der Waals surface area contributed by atoms with Gasteiger partial charge in [0.05, 0.1) is 5.69 Å². The Morgan fingerprint density at radius 1 is 1.43 bits per heavy atom. The molecule has 5 heteroatoms. The zero-order valence-electron chi connectivity index (χ0n) is 12.6. The van der Waals surface area contributed by atoms with E-state index >= 15 is 0 Å². The molecule has 0 atom stereocenters. The predicted octanol–water partition coefficient (Wildman–Crippen LogP) is 1.82. The minimum Gasteiger partial charge on any atom is -0.367 e. The number of carbonyl (C=O) groups is 1. The van der Waals surface area contributed by atoms with E-state index in [1.54, 1.807) is 19.1 Å². The molecule has 1 heterocycles. The topological polar surface area (TPSA) is 44.4 Å². The summed E-state index contributed by atoms with van der Waals surface area (Å²) in [7, 11) is 0. The third kappa shape index (κ3) is 4.04. The zero-order valence-corrected chi connectivity index (χ0v) is 12.6. The van der Waals surface area contributed by atoms with E-state index in [4.69, 9.17) is 0 Å². The number of benzene rings is 1. The van der Waals surface area contributed by atoms with Gasteiger partial charge in [-0.2, -0.15) is 0 Å². The Hall–Kier alpha value is -1.88. The molecule has 21 heavy (non-hydrogen) atoms. The van der Waals surface area contributed by atoms with Gasteiger partial charge in [-0.25, -0.2) is 4.39 Å². The zero-order chi connectivity index (χ0) is 15.2. The summed E-state index contributed by atoms with van der Waals surface area (Å²) in [6.45, 7) is 7.28. The lowest BCUT2D eigenvalue weighted by molar-refractivity contribution is -0.117. The SMILES string of the molecule is C/C=C(/C)C(=O)NCc1ccc(N2CCNCC2)c(F)c1. The molecule has 4 nitrogen and oxygen atoms in total. The highest BCUT2D eigenvalue weighted by atomic mass is 19.1. The van der Waals surface area contributed by atoms with Crippen LogP contribution in [0, 0.1) is 5.82 Å². The summed E-state index contributed by atoms with van der Waals surface area (Å²) < 4.78 is 14.2. The second kappa shape index (κ2) is 7.22. The molecular weight excluding hydrogens is 269 g/mol. The number of hydrogen-bond acceptors (Lipinski definition) is 3. The standard InChI is InChI=1S/C16H22FN3O/c1-3-12(2)16(21)19-11-13-4-5-15(14(17)10-13)20-8-6-18-7-9-20/h3-5,10,18H,6-9,11H2,1-2H3,(H,19,21)/b12-3-. The molecule has 1 amide bonds. The Morgan fingerprint density at radius 3 is 2.76 bits per heavy atom. The number of nitrogens with one attached hydrogen (secondary N) is 2. The third-order valence-corrected chi connectivity index (χ3v) is 3.71. The second-order valence-electron chi connectivity index (χ2n) is 5.18. The molecule has 0 radical (unpaired) electrons. The lowest BCUT2D eigenvalue weighted by Gasteiger charge is -2.29. The number of halogens is 1. The number of allylic oxidation sites excluding steroid dienone is 1. The van der Waals surface area contributed by atoms with Crippen molar-refractivity contribution >= 4 is 11.6 Å². The summed E-state index contributed by atoms with van der Waals surface area (Å²) in [4.78, 5) is 13.7. The van der Waals surface area contributed by atoms with Crippen molar-refractivity contribution < 1.29 is 9.18 Å². The lowest BCUT2D eigenvalue weighted by atomic mass is 10.1. The van der Waals surface area contributed by atoms with Crippen LogP contribution in [-0.4, -0.2) is 32.1 Å². The molecule has 0 bridgehead atoms. The molecule has 2 rings (SSSR count). The highest BCUT2D eigenvalue weighted by Crippen LogP contribution is 2.21. The van der Waals surface area contributed by atoms with Gasteiger partial charge in [0.2, 0.25) is 5.91 Å². The molecule has 1 aromatic carbocycles. The van der Waals surface area contributed by atoms with E-state index in [9.17, 15) is 9.18 Å². The number of carbonyl (C=O) groups excluding carboxylic acids is 1. The summed E-state index contributed by atoms with van der Waals surface area (Å²) in [5, 5.41) is 6.03. The van der Waals surface area contributed by atoms with Crippen LogP contribution in [0.2, 0.25) is 0 Å². The van der Waals surface area contributed by atoms with Crippen LogP contribution < -0.4 is 15.5 Å². The average molecular weight is 291 g/mol. The first-order valence-corrected chi connectivity index (χ1v) is 7.27. The largest absolute Gasteiger partial charge is 0.367 e. The first kappa shape index (κ1) is 15.5. The smallest absolute Gasteiger partial charge is 0.246 e. The first-order chi connectivity index (χ1) is 10.1. The summed E-state index contributed by atoms with van der Waals surface area (Å²) in [6.07, 6.45) is 1.75. The number of anilines is 1. The van der Waals surface area contributed by atoms with Crippen molar-refractivity contribution in [1.82, 2.24) is 10.6 Å². The number of nitrogens with zero attached hydrogens (tertiary/aromatic N) is 1. The van der Waals surface area contributed by atoms with Gasteiger partial charge in [0.25, 0.3) is 0 Å². The van der Waals surface area contributed by atoms with E-state index in [0.717, 1.165) is 31.7 Å². The molecule has 0 spiro atoms. The van der Waals surface area contributed by atoms with Gasteiger partial charge in [-0.3, -0.25) is 4.79 Å². The predicted molar refractivity (Wildman–Crippen MR) is 82.8 cm³/mol. The van der Waals surface area contributed by atoms with Gasteiger partial charge in [-0.1, -0.05) is 12.1 Å². The van der Waals surface area contributed by atoms with Gasteiger partial charge in [-0.15, -0.1) is 0 Å². The fraction of sp³-hybridized carbons (Fsp3) is 0.438. The molecule has 114 valence electrons. The molecular formula is C16H22FN3O. The van der Waals surface area contributed by atoms with Crippen LogP contribution in [0.1, 0.15) is 19.4 Å². The van der Waals surface area contributed by atoms with E-state index in [1.807, 2.05) is 17.9 Å². The van der Waals surface area contributed by atoms with Crippen LogP contribution >= 0.6 is 0 Å². The Bertz CT molecular complexity index is 536. The quantitative estimate of drug-likeness (QED) is 0.832. The molecule has 2 N–H and O–H groups in total. The van der Waals surface area contributed by atoms with Crippen molar-refractivity contribution in [3.8, 4) is 0 Å². The van der Waals surface area contributed by atoms with Gasteiger partial charge in [0.1, 0.15) is 5.82 Å². The fourth-order valence-electron chi connectivity index (χ4n) is 2.28. The van der Waals surface area contributed by atoms with Crippen molar-refractivity contribution in [2.45, 2.75) is 20.4 Å². The number of amides is 1. The highest BCUT2D eigenvalue weighted by molar-refractivity contribution is 5.92.